The van der Waals surface area contributed by atoms with Gasteiger partial charge in [-0.15, -0.1) is 0 Å². The van der Waals surface area contributed by atoms with Crippen molar-refractivity contribution in [3.8, 4) is 5.75 Å². The van der Waals surface area contributed by atoms with Gasteiger partial charge < -0.3 is 10.5 Å². The Hall–Kier alpha value is -1.02. The molecule has 0 spiro atoms. The van der Waals surface area contributed by atoms with E-state index in [9.17, 15) is 0 Å². The molecule has 0 fully saturated rings. The summed E-state index contributed by atoms with van der Waals surface area (Å²) in [6, 6.07) is 6.94. The van der Waals surface area contributed by atoms with Crippen LogP contribution in [0, 0.1) is 0 Å². The van der Waals surface area contributed by atoms with Gasteiger partial charge in [0.15, 0.2) is 0 Å². The maximum Gasteiger partial charge on any atom is 0.122 e. The molecule has 0 aliphatic carbocycles. The number of ether oxygens (including phenoxy) is 1. The Morgan fingerprint density at radius 3 is 2.30 bits per heavy atom. The van der Waals surface area contributed by atoms with Crippen LogP contribution in [0.5, 0.6) is 5.75 Å². The second kappa shape index (κ2) is 7.12. The lowest BCUT2D eigenvalue weighted by atomic mass is 9.82. The summed E-state index contributed by atoms with van der Waals surface area (Å²) in [5.74, 6) is 1.58. The van der Waals surface area contributed by atoms with Crippen LogP contribution in [0.4, 0.5) is 0 Å². The van der Waals surface area contributed by atoms with E-state index in [0.29, 0.717) is 5.92 Å². The molecule has 114 valence electrons. The molecule has 2 unspecified atom stereocenters. The number of rotatable bonds is 6. The fourth-order valence-corrected chi connectivity index (χ4v) is 2.64. The molecular formula is C18H31NO. The van der Waals surface area contributed by atoms with Crippen LogP contribution in [0.25, 0.3) is 0 Å². The van der Waals surface area contributed by atoms with E-state index in [0.717, 1.165) is 25.0 Å². The van der Waals surface area contributed by atoms with E-state index in [4.69, 9.17) is 10.5 Å². The van der Waals surface area contributed by atoms with E-state index in [1.54, 1.807) is 7.11 Å². The predicted molar refractivity (Wildman–Crippen MR) is 87.6 cm³/mol. The summed E-state index contributed by atoms with van der Waals surface area (Å²) in [5.41, 5.74) is 8.70. The highest BCUT2D eigenvalue weighted by atomic mass is 16.5. The minimum atomic E-state index is 0.0980. The minimum Gasteiger partial charge on any atom is -0.496 e. The van der Waals surface area contributed by atoms with Crippen LogP contribution in [0.2, 0.25) is 0 Å². The maximum absolute atomic E-state index is 5.90. The van der Waals surface area contributed by atoms with E-state index in [2.05, 4.69) is 52.8 Å². The minimum absolute atomic E-state index is 0.0980. The average Bonchev–Trinajstić information content (AvgIpc) is 2.38. The third kappa shape index (κ3) is 4.52. The quantitative estimate of drug-likeness (QED) is 0.824. The summed E-state index contributed by atoms with van der Waals surface area (Å²) in [6.45, 7) is 11.0. The Morgan fingerprint density at radius 1 is 1.20 bits per heavy atom. The van der Waals surface area contributed by atoms with Gasteiger partial charge in [-0.3, -0.25) is 0 Å². The summed E-state index contributed by atoms with van der Waals surface area (Å²) in [7, 11) is 1.75. The SMILES string of the molecule is CCC(CCC(C)N)c1ccc(OC)c(C(C)(C)C)c1. The highest BCUT2D eigenvalue weighted by Gasteiger charge is 2.21. The zero-order valence-electron chi connectivity index (χ0n) is 14.0. The van der Waals surface area contributed by atoms with Crippen LogP contribution >= 0.6 is 0 Å². The average molecular weight is 277 g/mol. The van der Waals surface area contributed by atoms with Crippen molar-refractivity contribution in [1.82, 2.24) is 0 Å². The predicted octanol–water partition coefficient (Wildman–Crippen LogP) is 4.61. The van der Waals surface area contributed by atoms with Gasteiger partial charge in [-0.25, -0.2) is 0 Å². The Kier molecular flexibility index (Phi) is 6.07. The molecule has 0 amide bonds. The van der Waals surface area contributed by atoms with E-state index in [1.807, 2.05) is 0 Å². The fraction of sp³-hybridized carbons (Fsp3) is 0.667. The first-order valence-electron chi connectivity index (χ1n) is 7.73. The van der Waals surface area contributed by atoms with Crippen LogP contribution in [0.3, 0.4) is 0 Å². The third-order valence-corrected chi connectivity index (χ3v) is 3.97. The van der Waals surface area contributed by atoms with Crippen LogP contribution in [-0.4, -0.2) is 13.2 Å². The van der Waals surface area contributed by atoms with Crippen LogP contribution in [-0.2, 0) is 5.41 Å². The molecule has 1 aromatic carbocycles. The molecule has 0 heterocycles. The molecule has 0 radical (unpaired) electrons. The van der Waals surface area contributed by atoms with Crippen LogP contribution in [0.1, 0.15) is 70.9 Å². The summed E-state index contributed by atoms with van der Waals surface area (Å²) >= 11 is 0. The molecule has 0 bridgehead atoms. The normalized spacial score (nSPS) is 14.9. The van der Waals surface area contributed by atoms with E-state index in [1.165, 1.54) is 11.1 Å². The van der Waals surface area contributed by atoms with Gasteiger partial charge in [0.05, 0.1) is 7.11 Å². The lowest BCUT2D eigenvalue weighted by Crippen LogP contribution is -2.16. The highest BCUT2D eigenvalue weighted by molar-refractivity contribution is 5.42. The molecule has 1 rings (SSSR count). The number of hydrogen-bond donors (Lipinski definition) is 1. The van der Waals surface area contributed by atoms with Gasteiger partial charge >= 0.3 is 0 Å². The molecule has 0 saturated heterocycles. The summed E-state index contributed by atoms with van der Waals surface area (Å²) in [5, 5.41) is 0. The first-order valence-corrected chi connectivity index (χ1v) is 7.73. The summed E-state index contributed by atoms with van der Waals surface area (Å²) in [4.78, 5) is 0. The topological polar surface area (TPSA) is 35.2 Å². The molecule has 2 atom stereocenters. The van der Waals surface area contributed by atoms with Gasteiger partial charge in [0, 0.05) is 6.04 Å². The third-order valence-electron chi connectivity index (χ3n) is 3.97. The second-order valence-electron chi connectivity index (χ2n) is 6.87. The van der Waals surface area contributed by atoms with Gasteiger partial charge in [-0.1, -0.05) is 39.8 Å². The Morgan fingerprint density at radius 2 is 1.85 bits per heavy atom. The van der Waals surface area contributed by atoms with Gasteiger partial charge in [0.2, 0.25) is 0 Å². The van der Waals surface area contributed by atoms with Crippen molar-refractivity contribution in [3.63, 3.8) is 0 Å². The lowest BCUT2D eigenvalue weighted by Gasteiger charge is -2.25. The zero-order valence-corrected chi connectivity index (χ0v) is 14.0. The largest absolute Gasteiger partial charge is 0.496 e. The Bertz CT molecular complexity index is 418. The maximum atomic E-state index is 5.90. The van der Waals surface area contributed by atoms with Crippen molar-refractivity contribution in [2.24, 2.45) is 5.73 Å². The standard InChI is InChI=1S/C18H31NO/c1-7-14(9-8-13(2)19)15-10-11-17(20-6)16(12-15)18(3,4)5/h10-14H,7-9,19H2,1-6H3. The van der Waals surface area contributed by atoms with Crippen molar-refractivity contribution < 1.29 is 4.74 Å². The molecule has 2 nitrogen and oxygen atoms in total. The van der Waals surface area contributed by atoms with Crippen molar-refractivity contribution in [2.75, 3.05) is 7.11 Å². The fourth-order valence-electron chi connectivity index (χ4n) is 2.64. The van der Waals surface area contributed by atoms with Crippen molar-refractivity contribution in [3.05, 3.63) is 29.3 Å². The Balaban J connectivity index is 3.06. The highest BCUT2D eigenvalue weighted by Crippen LogP contribution is 2.35. The molecule has 0 aromatic heterocycles. The van der Waals surface area contributed by atoms with Crippen molar-refractivity contribution in [2.45, 2.75) is 71.3 Å². The Labute approximate surface area is 124 Å². The molecule has 0 saturated carbocycles. The van der Waals surface area contributed by atoms with Gasteiger partial charge in [0.25, 0.3) is 0 Å². The van der Waals surface area contributed by atoms with E-state index in [-0.39, 0.29) is 11.5 Å². The van der Waals surface area contributed by atoms with Crippen LogP contribution in [0.15, 0.2) is 18.2 Å². The number of hydrogen-bond acceptors (Lipinski definition) is 2. The first-order chi connectivity index (χ1) is 9.29. The van der Waals surface area contributed by atoms with Crippen molar-refractivity contribution >= 4 is 0 Å². The lowest BCUT2D eigenvalue weighted by molar-refractivity contribution is 0.396. The molecule has 2 heteroatoms. The number of benzene rings is 1. The summed E-state index contributed by atoms with van der Waals surface area (Å²) < 4.78 is 5.52. The molecule has 2 N–H and O–H groups in total. The molecule has 0 aliphatic rings. The monoisotopic (exact) mass is 277 g/mol. The van der Waals surface area contributed by atoms with Gasteiger partial charge in [-0.05, 0) is 54.7 Å². The van der Waals surface area contributed by atoms with E-state index >= 15 is 0 Å². The second-order valence-corrected chi connectivity index (χ2v) is 6.87. The summed E-state index contributed by atoms with van der Waals surface area (Å²) in [6.07, 6.45) is 3.39. The number of nitrogens with two attached hydrogens (primary N) is 1. The molecular weight excluding hydrogens is 246 g/mol. The zero-order chi connectivity index (χ0) is 15.3. The first kappa shape index (κ1) is 17.0. The molecule has 1 aromatic rings. The van der Waals surface area contributed by atoms with E-state index < -0.39 is 0 Å². The molecule has 20 heavy (non-hydrogen) atoms. The van der Waals surface area contributed by atoms with Gasteiger partial charge in [0.1, 0.15) is 5.75 Å². The van der Waals surface area contributed by atoms with Gasteiger partial charge in [-0.2, -0.15) is 0 Å². The van der Waals surface area contributed by atoms with Crippen LogP contribution < -0.4 is 10.5 Å². The van der Waals surface area contributed by atoms with Crippen molar-refractivity contribution in [1.29, 1.82) is 0 Å². The number of methoxy groups -OCH3 is 1. The molecule has 0 aliphatic heterocycles. The smallest absolute Gasteiger partial charge is 0.122 e.